The van der Waals surface area contributed by atoms with Gasteiger partial charge in [-0.2, -0.15) is 5.10 Å². The van der Waals surface area contributed by atoms with E-state index < -0.39 is 0 Å². The number of nitrogens with zero attached hydrogens (tertiary/aromatic N) is 1. The summed E-state index contributed by atoms with van der Waals surface area (Å²) in [7, 11) is 0. The van der Waals surface area contributed by atoms with Crippen molar-refractivity contribution in [3.8, 4) is 0 Å². The molecule has 0 bridgehead atoms. The molecule has 0 radical (unpaired) electrons. The largest absolute Gasteiger partial charge is 0.302 e. The van der Waals surface area contributed by atoms with Crippen molar-refractivity contribution in [2.75, 3.05) is 0 Å². The van der Waals surface area contributed by atoms with Crippen LogP contribution in [0.5, 0.6) is 0 Å². The predicted octanol–water partition coefficient (Wildman–Crippen LogP) is 3.52. The Hall–Kier alpha value is -1.94. The van der Waals surface area contributed by atoms with E-state index in [-0.39, 0.29) is 11.6 Å². The van der Waals surface area contributed by atoms with Crippen LogP contribution in [0.15, 0.2) is 41.2 Å². The summed E-state index contributed by atoms with van der Waals surface area (Å²) in [5, 5.41) is 10.4. The van der Waals surface area contributed by atoms with Crippen molar-refractivity contribution in [1.82, 2.24) is 15.5 Å². The number of fused-ring (bicyclic) bond motifs is 1. The SMILES string of the molecule is CC(NC1CC(C)(C)CCc2ccccc21)c1ccc(=O)[nH]n1. The third-order valence-corrected chi connectivity index (χ3v) is 4.85. The highest BCUT2D eigenvalue weighted by Gasteiger charge is 2.30. The fraction of sp³-hybridized carbons (Fsp3) is 0.474. The van der Waals surface area contributed by atoms with Gasteiger partial charge < -0.3 is 5.32 Å². The lowest BCUT2D eigenvalue weighted by Gasteiger charge is -2.30. The Morgan fingerprint density at radius 1 is 1.26 bits per heavy atom. The summed E-state index contributed by atoms with van der Waals surface area (Å²) in [5.74, 6) is 0. The van der Waals surface area contributed by atoms with Crippen LogP contribution in [0.1, 0.15) is 62.5 Å². The number of H-pyrrole nitrogens is 1. The first-order chi connectivity index (χ1) is 10.9. The van der Waals surface area contributed by atoms with E-state index in [1.54, 1.807) is 6.07 Å². The monoisotopic (exact) mass is 311 g/mol. The Bertz CT molecular complexity index is 715. The molecule has 0 saturated carbocycles. The number of aromatic nitrogens is 2. The number of rotatable bonds is 3. The fourth-order valence-electron chi connectivity index (χ4n) is 3.47. The van der Waals surface area contributed by atoms with E-state index >= 15 is 0 Å². The molecule has 4 heteroatoms. The zero-order valence-electron chi connectivity index (χ0n) is 14.1. The van der Waals surface area contributed by atoms with E-state index in [0.29, 0.717) is 11.5 Å². The number of benzene rings is 1. The second-order valence-electron chi connectivity index (χ2n) is 7.35. The zero-order valence-corrected chi connectivity index (χ0v) is 14.1. The van der Waals surface area contributed by atoms with Gasteiger partial charge in [0.25, 0.3) is 5.56 Å². The van der Waals surface area contributed by atoms with Crippen LogP contribution in [0.2, 0.25) is 0 Å². The molecule has 2 aromatic rings. The van der Waals surface area contributed by atoms with Crippen molar-refractivity contribution < 1.29 is 0 Å². The molecule has 0 spiro atoms. The third kappa shape index (κ3) is 3.70. The van der Waals surface area contributed by atoms with Crippen molar-refractivity contribution in [3.63, 3.8) is 0 Å². The zero-order chi connectivity index (χ0) is 16.4. The van der Waals surface area contributed by atoms with Gasteiger partial charge in [-0.15, -0.1) is 0 Å². The van der Waals surface area contributed by atoms with Crippen LogP contribution in [-0.4, -0.2) is 10.2 Å². The molecule has 1 aliphatic carbocycles. The van der Waals surface area contributed by atoms with Crippen LogP contribution < -0.4 is 10.9 Å². The Morgan fingerprint density at radius 3 is 2.78 bits per heavy atom. The molecular formula is C19H25N3O. The van der Waals surface area contributed by atoms with Gasteiger partial charge in [0.1, 0.15) is 0 Å². The van der Waals surface area contributed by atoms with E-state index in [0.717, 1.165) is 18.5 Å². The summed E-state index contributed by atoms with van der Waals surface area (Å²) < 4.78 is 0. The van der Waals surface area contributed by atoms with E-state index in [2.05, 4.69) is 60.6 Å². The molecule has 1 aromatic heterocycles. The topological polar surface area (TPSA) is 57.8 Å². The number of nitrogens with one attached hydrogen (secondary N) is 2. The minimum Gasteiger partial charge on any atom is -0.302 e. The van der Waals surface area contributed by atoms with Gasteiger partial charge in [0.05, 0.1) is 5.69 Å². The number of aromatic amines is 1. The maximum atomic E-state index is 11.2. The Morgan fingerprint density at radius 2 is 2.04 bits per heavy atom. The van der Waals surface area contributed by atoms with Gasteiger partial charge >= 0.3 is 0 Å². The van der Waals surface area contributed by atoms with Crippen LogP contribution in [-0.2, 0) is 6.42 Å². The van der Waals surface area contributed by atoms with Crippen molar-refractivity contribution in [3.05, 3.63) is 63.6 Å². The third-order valence-electron chi connectivity index (χ3n) is 4.85. The molecule has 3 rings (SSSR count). The predicted molar refractivity (Wildman–Crippen MR) is 92.3 cm³/mol. The van der Waals surface area contributed by atoms with Crippen LogP contribution in [0.3, 0.4) is 0 Å². The molecule has 4 nitrogen and oxygen atoms in total. The molecule has 1 aliphatic rings. The molecule has 23 heavy (non-hydrogen) atoms. The summed E-state index contributed by atoms with van der Waals surface area (Å²) in [6.45, 7) is 6.79. The number of hydrogen-bond donors (Lipinski definition) is 2. The minimum atomic E-state index is -0.165. The van der Waals surface area contributed by atoms with Crippen molar-refractivity contribution >= 4 is 0 Å². The molecule has 0 aliphatic heterocycles. The van der Waals surface area contributed by atoms with Gasteiger partial charge in [-0.25, -0.2) is 5.10 Å². The summed E-state index contributed by atoms with van der Waals surface area (Å²) in [6, 6.07) is 12.4. The Balaban J connectivity index is 1.87. The Kier molecular flexibility index (Phi) is 4.35. The molecule has 0 fully saturated rings. The van der Waals surface area contributed by atoms with Crippen LogP contribution in [0.25, 0.3) is 0 Å². The van der Waals surface area contributed by atoms with Gasteiger partial charge in [0.2, 0.25) is 0 Å². The standard InChI is InChI=1S/C19H25N3O/c1-13(16-8-9-18(23)22-21-16)20-17-12-19(2,3)11-10-14-6-4-5-7-15(14)17/h4-9,13,17,20H,10-12H2,1-3H3,(H,22,23). The van der Waals surface area contributed by atoms with Crippen LogP contribution in [0.4, 0.5) is 0 Å². The lowest BCUT2D eigenvalue weighted by Crippen LogP contribution is -2.29. The first-order valence-electron chi connectivity index (χ1n) is 8.34. The molecule has 2 unspecified atom stereocenters. The highest BCUT2D eigenvalue weighted by atomic mass is 16.1. The van der Waals surface area contributed by atoms with Gasteiger partial charge in [-0.1, -0.05) is 38.1 Å². The molecule has 1 aromatic carbocycles. The van der Waals surface area contributed by atoms with Gasteiger partial charge in [0.15, 0.2) is 0 Å². The van der Waals surface area contributed by atoms with E-state index in [1.165, 1.54) is 23.6 Å². The second-order valence-corrected chi connectivity index (χ2v) is 7.35. The molecule has 0 saturated heterocycles. The summed E-state index contributed by atoms with van der Waals surface area (Å²) >= 11 is 0. The van der Waals surface area contributed by atoms with Crippen molar-refractivity contribution in [2.24, 2.45) is 5.41 Å². The van der Waals surface area contributed by atoms with Gasteiger partial charge in [-0.05, 0) is 48.8 Å². The van der Waals surface area contributed by atoms with E-state index in [9.17, 15) is 4.79 Å². The first kappa shape index (κ1) is 15.9. The smallest absolute Gasteiger partial charge is 0.264 e. The fourth-order valence-corrected chi connectivity index (χ4v) is 3.47. The van der Waals surface area contributed by atoms with Gasteiger partial charge in [0, 0.05) is 18.2 Å². The normalized spacial score (nSPS) is 21.3. The highest BCUT2D eigenvalue weighted by Crippen LogP contribution is 2.40. The van der Waals surface area contributed by atoms with Crippen molar-refractivity contribution in [1.29, 1.82) is 0 Å². The molecule has 1 heterocycles. The number of hydrogen-bond acceptors (Lipinski definition) is 3. The maximum absolute atomic E-state index is 11.2. The number of aryl methyl sites for hydroxylation is 1. The maximum Gasteiger partial charge on any atom is 0.264 e. The summed E-state index contributed by atoms with van der Waals surface area (Å²) in [4.78, 5) is 11.2. The summed E-state index contributed by atoms with van der Waals surface area (Å²) in [6.07, 6.45) is 3.43. The molecule has 2 atom stereocenters. The van der Waals surface area contributed by atoms with Crippen LogP contribution in [0, 0.1) is 5.41 Å². The van der Waals surface area contributed by atoms with Crippen LogP contribution >= 0.6 is 0 Å². The molecular weight excluding hydrogens is 286 g/mol. The first-order valence-corrected chi connectivity index (χ1v) is 8.34. The second kappa shape index (κ2) is 6.28. The Labute approximate surface area is 137 Å². The molecule has 122 valence electrons. The quantitative estimate of drug-likeness (QED) is 0.853. The van der Waals surface area contributed by atoms with E-state index in [4.69, 9.17) is 0 Å². The van der Waals surface area contributed by atoms with Crippen molar-refractivity contribution in [2.45, 2.75) is 52.1 Å². The molecule has 0 amide bonds. The van der Waals surface area contributed by atoms with E-state index in [1.807, 2.05) is 0 Å². The molecule has 2 N–H and O–H groups in total. The lowest BCUT2D eigenvalue weighted by atomic mass is 9.82. The van der Waals surface area contributed by atoms with Gasteiger partial charge in [-0.3, -0.25) is 4.79 Å². The minimum absolute atomic E-state index is 0.0822. The highest BCUT2D eigenvalue weighted by molar-refractivity contribution is 5.32. The average molecular weight is 311 g/mol. The summed E-state index contributed by atoms with van der Waals surface area (Å²) in [5.41, 5.74) is 3.84. The average Bonchev–Trinajstić information content (AvgIpc) is 2.65. The lowest BCUT2D eigenvalue weighted by molar-refractivity contribution is 0.263.